The number of allylic oxidation sites excluding steroid dienone is 3. The smallest absolute Gasteiger partial charge is 0.0461 e. The molecule has 0 aliphatic rings. The van der Waals surface area contributed by atoms with Gasteiger partial charge in [-0.25, -0.2) is 0 Å². The molecule has 0 saturated carbocycles. The van der Waals surface area contributed by atoms with Crippen LogP contribution in [0.1, 0.15) is 33.3 Å². The molecule has 0 saturated heterocycles. The number of para-hydroxylation sites is 1. The first-order chi connectivity index (χ1) is 13.7. The second kappa shape index (κ2) is 10.9. The zero-order valence-electron chi connectivity index (χ0n) is 17.7. The number of rotatable bonds is 5. The Hall–Kier alpha value is -3.06. The molecule has 0 spiro atoms. The number of aryl methyl sites for hydroxylation is 1. The van der Waals surface area contributed by atoms with E-state index in [2.05, 4.69) is 110 Å². The van der Waals surface area contributed by atoms with Crippen molar-refractivity contribution >= 4 is 11.4 Å². The summed E-state index contributed by atoms with van der Waals surface area (Å²) < 4.78 is 0. The lowest BCUT2D eigenvalue weighted by molar-refractivity contribution is 1.20. The van der Waals surface area contributed by atoms with Crippen LogP contribution in [0.4, 0.5) is 11.4 Å². The van der Waals surface area contributed by atoms with Crippen LogP contribution < -0.4 is 4.90 Å². The summed E-state index contributed by atoms with van der Waals surface area (Å²) in [5, 5.41) is 0. The molecule has 3 rings (SSSR count). The van der Waals surface area contributed by atoms with Gasteiger partial charge in [-0.1, -0.05) is 86.2 Å². The van der Waals surface area contributed by atoms with Crippen molar-refractivity contribution in [3.8, 4) is 11.1 Å². The zero-order chi connectivity index (χ0) is 20.4. The van der Waals surface area contributed by atoms with E-state index < -0.39 is 0 Å². The third kappa shape index (κ3) is 5.23. The molecule has 0 fully saturated rings. The molecule has 1 nitrogen and oxygen atoms in total. The molecule has 3 aromatic rings. The van der Waals surface area contributed by atoms with Crippen LogP contribution in [0.15, 0.2) is 103 Å². The Morgan fingerprint density at radius 1 is 0.679 bits per heavy atom. The summed E-state index contributed by atoms with van der Waals surface area (Å²) in [6.45, 7) is 10.2. The lowest BCUT2D eigenvalue weighted by atomic mass is 10.0. The van der Waals surface area contributed by atoms with Crippen molar-refractivity contribution in [2.75, 3.05) is 4.90 Å². The third-order valence-electron chi connectivity index (χ3n) is 4.42. The summed E-state index contributed by atoms with van der Waals surface area (Å²) in [5.74, 6) is 0. The fourth-order valence-corrected chi connectivity index (χ4v) is 3.04. The summed E-state index contributed by atoms with van der Waals surface area (Å²) in [6, 6.07) is 27.9. The quantitative estimate of drug-likeness (QED) is 0.409. The molecule has 0 heterocycles. The van der Waals surface area contributed by atoms with Crippen LogP contribution in [-0.2, 0) is 0 Å². The molecule has 144 valence electrons. The highest BCUT2D eigenvalue weighted by Crippen LogP contribution is 2.32. The predicted molar refractivity (Wildman–Crippen MR) is 125 cm³/mol. The summed E-state index contributed by atoms with van der Waals surface area (Å²) in [5.41, 5.74) is 7.22. The van der Waals surface area contributed by atoms with Crippen LogP contribution in [-0.4, -0.2) is 0 Å². The van der Waals surface area contributed by atoms with Crippen LogP contribution in [0.25, 0.3) is 11.1 Å². The van der Waals surface area contributed by atoms with E-state index in [-0.39, 0.29) is 0 Å². The molecule has 0 unspecified atom stereocenters. The lowest BCUT2D eigenvalue weighted by Gasteiger charge is -2.26. The molecular weight excluding hydrogens is 338 g/mol. The normalized spacial score (nSPS) is 11.1. The topological polar surface area (TPSA) is 3.24 Å². The number of anilines is 2. The number of nitrogens with zero attached hydrogens (tertiary/aromatic N) is 1. The first-order valence-electron chi connectivity index (χ1n) is 10.0. The third-order valence-corrected chi connectivity index (χ3v) is 4.42. The van der Waals surface area contributed by atoms with Gasteiger partial charge in [0.05, 0.1) is 0 Å². The van der Waals surface area contributed by atoms with E-state index in [0.29, 0.717) is 0 Å². The van der Waals surface area contributed by atoms with E-state index >= 15 is 0 Å². The molecule has 0 bridgehead atoms. The van der Waals surface area contributed by atoms with Crippen molar-refractivity contribution in [3.05, 3.63) is 108 Å². The van der Waals surface area contributed by atoms with Gasteiger partial charge in [0.1, 0.15) is 0 Å². The Morgan fingerprint density at radius 2 is 1.18 bits per heavy atom. The predicted octanol–water partition coefficient (Wildman–Crippen LogP) is 8.31. The molecule has 0 amide bonds. The van der Waals surface area contributed by atoms with E-state index in [4.69, 9.17) is 0 Å². The SMILES string of the molecule is C/C=C\C(=C/C)N(c1ccccc1)c1ccc(-c2ccc(C)cc2)cc1.CC. The fraction of sp³-hybridized carbons (Fsp3) is 0.185. The van der Waals surface area contributed by atoms with Crippen LogP contribution in [0.2, 0.25) is 0 Å². The maximum absolute atomic E-state index is 2.28. The van der Waals surface area contributed by atoms with E-state index in [1.807, 2.05) is 26.8 Å². The fourth-order valence-electron chi connectivity index (χ4n) is 3.04. The summed E-state index contributed by atoms with van der Waals surface area (Å²) in [4.78, 5) is 2.28. The maximum atomic E-state index is 2.28. The van der Waals surface area contributed by atoms with Crippen LogP contribution in [0.5, 0.6) is 0 Å². The Balaban J connectivity index is 0.00000136. The van der Waals surface area contributed by atoms with Crippen molar-refractivity contribution in [3.63, 3.8) is 0 Å². The minimum absolute atomic E-state index is 1.15. The molecule has 0 atom stereocenters. The van der Waals surface area contributed by atoms with Gasteiger partial charge < -0.3 is 4.90 Å². The second-order valence-corrected chi connectivity index (χ2v) is 6.30. The summed E-state index contributed by atoms with van der Waals surface area (Å²) in [6.07, 6.45) is 6.35. The monoisotopic (exact) mass is 369 g/mol. The van der Waals surface area contributed by atoms with Crippen molar-refractivity contribution in [2.45, 2.75) is 34.6 Å². The first kappa shape index (κ1) is 21.2. The molecule has 0 aromatic heterocycles. The van der Waals surface area contributed by atoms with Gasteiger partial charge in [0.25, 0.3) is 0 Å². The molecule has 0 radical (unpaired) electrons. The Kier molecular flexibility index (Phi) is 8.30. The van der Waals surface area contributed by atoms with Gasteiger partial charge in [0.15, 0.2) is 0 Å². The Morgan fingerprint density at radius 3 is 1.68 bits per heavy atom. The molecular formula is C27H31N. The molecule has 0 N–H and O–H groups in total. The maximum Gasteiger partial charge on any atom is 0.0461 e. The Bertz CT molecular complexity index is 885. The lowest BCUT2D eigenvalue weighted by Crippen LogP contribution is -2.14. The van der Waals surface area contributed by atoms with E-state index in [9.17, 15) is 0 Å². The first-order valence-corrected chi connectivity index (χ1v) is 10.0. The molecule has 3 aromatic carbocycles. The number of hydrogen-bond acceptors (Lipinski definition) is 1. The van der Waals surface area contributed by atoms with Crippen molar-refractivity contribution in [2.24, 2.45) is 0 Å². The Labute approximate surface area is 170 Å². The zero-order valence-corrected chi connectivity index (χ0v) is 17.7. The van der Waals surface area contributed by atoms with Crippen molar-refractivity contribution < 1.29 is 0 Å². The van der Waals surface area contributed by atoms with Crippen molar-refractivity contribution in [1.82, 2.24) is 0 Å². The van der Waals surface area contributed by atoms with Gasteiger partial charge in [0.2, 0.25) is 0 Å². The molecule has 0 aliphatic heterocycles. The highest BCUT2D eigenvalue weighted by Gasteiger charge is 2.12. The van der Waals surface area contributed by atoms with E-state index in [1.165, 1.54) is 16.7 Å². The van der Waals surface area contributed by atoms with E-state index in [0.717, 1.165) is 17.1 Å². The highest BCUT2D eigenvalue weighted by molar-refractivity contribution is 5.73. The second-order valence-electron chi connectivity index (χ2n) is 6.30. The van der Waals surface area contributed by atoms with Crippen molar-refractivity contribution in [1.29, 1.82) is 0 Å². The van der Waals surface area contributed by atoms with Gasteiger partial charge in [-0.2, -0.15) is 0 Å². The van der Waals surface area contributed by atoms with Crippen LogP contribution in [0.3, 0.4) is 0 Å². The molecule has 0 aliphatic carbocycles. The molecule has 1 heteroatoms. The number of hydrogen-bond donors (Lipinski definition) is 0. The average molecular weight is 370 g/mol. The van der Waals surface area contributed by atoms with Gasteiger partial charge >= 0.3 is 0 Å². The summed E-state index contributed by atoms with van der Waals surface area (Å²) >= 11 is 0. The van der Waals surface area contributed by atoms with E-state index in [1.54, 1.807) is 0 Å². The largest absolute Gasteiger partial charge is 0.311 e. The minimum atomic E-state index is 1.15. The average Bonchev–Trinajstić information content (AvgIpc) is 2.76. The minimum Gasteiger partial charge on any atom is -0.311 e. The van der Waals surface area contributed by atoms with Gasteiger partial charge in [-0.05, 0) is 62.2 Å². The summed E-state index contributed by atoms with van der Waals surface area (Å²) in [7, 11) is 0. The molecule has 28 heavy (non-hydrogen) atoms. The van der Waals surface area contributed by atoms with Gasteiger partial charge in [-0.3, -0.25) is 0 Å². The van der Waals surface area contributed by atoms with Crippen LogP contribution in [0, 0.1) is 6.92 Å². The standard InChI is InChI=1S/C25H25N.C2H6/c1-4-9-23(5-2)26(24-10-7-6-8-11-24)25-18-16-22(17-19-25)21-14-12-20(3)13-15-21;1-2/h4-19H,1-3H3;1-2H3/b9-4-,23-5+;. The van der Waals surface area contributed by atoms with Gasteiger partial charge in [-0.15, -0.1) is 0 Å². The highest BCUT2D eigenvalue weighted by atomic mass is 15.1. The van der Waals surface area contributed by atoms with Crippen LogP contribution >= 0.6 is 0 Å². The number of benzene rings is 3. The van der Waals surface area contributed by atoms with Gasteiger partial charge in [0, 0.05) is 17.1 Å².